The zero-order valence-electron chi connectivity index (χ0n) is 17.0. The maximum absolute atomic E-state index is 12.0. The normalized spacial score (nSPS) is 11.6. The molecule has 160 valence electrons. The highest BCUT2D eigenvalue weighted by atomic mass is 16.6. The summed E-state index contributed by atoms with van der Waals surface area (Å²) < 4.78 is 4.58. The largest absolute Gasteiger partial charge is 0.461 e. The second kappa shape index (κ2) is 15.3. The first kappa shape index (κ1) is 26.3. The lowest BCUT2D eigenvalue weighted by molar-refractivity contribution is -0.423. The maximum atomic E-state index is 12.0. The fourth-order valence-corrected chi connectivity index (χ4v) is 2.63. The Kier molecular flexibility index (Phi) is 14.4. The minimum Gasteiger partial charge on any atom is -0.461 e. The van der Waals surface area contributed by atoms with Gasteiger partial charge in [0.05, 0.1) is 17.7 Å². The summed E-state index contributed by atoms with van der Waals surface area (Å²) in [6.07, 6.45) is 2.07. The van der Waals surface area contributed by atoms with E-state index in [0.717, 1.165) is 20.1 Å². The van der Waals surface area contributed by atoms with E-state index in [4.69, 9.17) is 5.73 Å². The number of nitrogens with one attached hydrogen (secondary N) is 2. The zero-order valence-corrected chi connectivity index (χ0v) is 17.0. The molecule has 0 aromatic heterocycles. The van der Waals surface area contributed by atoms with E-state index < -0.39 is 30.7 Å². The van der Waals surface area contributed by atoms with Gasteiger partial charge in [0.2, 0.25) is 0 Å². The highest BCUT2D eigenvalue weighted by molar-refractivity contribution is 6.46. The van der Waals surface area contributed by atoms with Crippen LogP contribution in [0.2, 0.25) is 13.6 Å². The molecule has 6 N–H and O–H groups in total. The van der Waals surface area contributed by atoms with E-state index in [2.05, 4.69) is 15.3 Å². The second-order valence-corrected chi connectivity index (χ2v) is 6.35. The average Bonchev–Trinajstić information content (AvgIpc) is 2.62. The Balaban J connectivity index is 5.38. The second-order valence-electron chi connectivity index (χ2n) is 6.35. The van der Waals surface area contributed by atoms with E-state index in [1.807, 2.05) is 0 Å². The van der Waals surface area contributed by atoms with Gasteiger partial charge in [-0.3, -0.25) is 10.1 Å². The molecule has 0 unspecified atom stereocenters. The molecule has 0 spiro atoms. The van der Waals surface area contributed by atoms with Crippen molar-refractivity contribution in [3.8, 4) is 0 Å². The number of esters is 1. The number of nitro groups is 1. The Bertz CT molecular complexity index is 507. The first-order valence-corrected chi connectivity index (χ1v) is 9.49. The molecule has 0 saturated heterocycles. The Morgan fingerprint density at radius 1 is 1.21 bits per heavy atom. The van der Waals surface area contributed by atoms with Crippen LogP contribution in [-0.4, -0.2) is 79.7 Å². The van der Waals surface area contributed by atoms with Crippen LogP contribution in [0.5, 0.6) is 0 Å². The summed E-state index contributed by atoms with van der Waals surface area (Å²) >= 11 is 0. The smallest absolute Gasteiger partial charge is 0.411 e. The highest BCUT2D eigenvalue weighted by Crippen LogP contribution is 2.20. The number of carbonyl (C=O) groups excluding carboxylic acids is 1. The zero-order chi connectivity index (χ0) is 21.5. The van der Waals surface area contributed by atoms with Crippen LogP contribution in [0.4, 0.5) is 0 Å². The number of nitrogens with zero attached hydrogens (tertiary/aromatic N) is 2. The van der Waals surface area contributed by atoms with Gasteiger partial charge >= 0.3 is 25.8 Å². The third-order valence-corrected chi connectivity index (χ3v) is 3.97. The number of hydrogen-bond acceptors (Lipinski definition) is 10. The lowest BCUT2D eigenvalue weighted by atomic mass is 9.82. The third kappa shape index (κ3) is 10.6. The van der Waals surface area contributed by atoms with Gasteiger partial charge in [0, 0.05) is 6.54 Å². The number of nitrogens with two attached hydrogens (primary N) is 1. The van der Waals surface area contributed by atoms with E-state index >= 15 is 0 Å². The van der Waals surface area contributed by atoms with E-state index in [0.29, 0.717) is 32.5 Å². The van der Waals surface area contributed by atoms with Gasteiger partial charge in [-0.15, -0.1) is 0 Å². The molecule has 0 heterocycles. The summed E-state index contributed by atoms with van der Waals surface area (Å²) in [6.45, 7) is 5.67. The Hall–Kier alpha value is -1.66. The van der Waals surface area contributed by atoms with Crippen molar-refractivity contribution in [3.63, 3.8) is 0 Å². The first-order chi connectivity index (χ1) is 13.3. The van der Waals surface area contributed by atoms with Crippen LogP contribution in [-0.2, 0) is 9.53 Å². The van der Waals surface area contributed by atoms with Gasteiger partial charge in [-0.25, -0.2) is 4.79 Å². The topological polar surface area (TPSA) is 163 Å². The number of methoxy groups -OCH3 is 1. The van der Waals surface area contributed by atoms with Crippen molar-refractivity contribution in [3.05, 3.63) is 21.5 Å². The summed E-state index contributed by atoms with van der Waals surface area (Å²) in [5.74, 6) is -1.05. The summed E-state index contributed by atoms with van der Waals surface area (Å²) in [7, 11) is -0.637. The van der Waals surface area contributed by atoms with Crippen molar-refractivity contribution in [1.82, 2.24) is 15.4 Å². The van der Waals surface area contributed by atoms with Gasteiger partial charge in [-0.05, 0) is 65.5 Å². The molecule has 28 heavy (non-hydrogen) atoms. The molecule has 0 atom stereocenters. The Morgan fingerprint density at radius 3 is 2.36 bits per heavy atom. The quantitative estimate of drug-likeness (QED) is 0.0534. The monoisotopic (exact) mass is 401 g/mol. The molecule has 0 radical (unpaired) electrons. The summed E-state index contributed by atoms with van der Waals surface area (Å²) in [5, 5.41) is 37.0. The van der Waals surface area contributed by atoms with Crippen LogP contribution in [0.3, 0.4) is 0 Å². The van der Waals surface area contributed by atoms with E-state index in [1.165, 1.54) is 11.6 Å². The highest BCUT2D eigenvalue weighted by Gasteiger charge is 2.33. The molecule has 0 aliphatic heterocycles. The molecule has 0 aromatic carbocycles. The van der Waals surface area contributed by atoms with Gasteiger partial charge in [-0.2, -0.15) is 0 Å². The van der Waals surface area contributed by atoms with Crippen LogP contribution in [0.15, 0.2) is 11.4 Å². The summed E-state index contributed by atoms with van der Waals surface area (Å²) in [6, 6.07) is 0. The van der Waals surface area contributed by atoms with Crippen molar-refractivity contribution in [1.29, 1.82) is 0 Å². The molecule has 0 amide bonds. The van der Waals surface area contributed by atoms with Gasteiger partial charge in [0.25, 0.3) is 0 Å². The minimum atomic E-state index is -1.05. The Morgan fingerprint density at radius 2 is 1.86 bits per heavy atom. The molecule has 0 aliphatic carbocycles. The lowest BCUT2D eigenvalue weighted by Crippen LogP contribution is -2.41. The molecule has 0 saturated carbocycles. The molecule has 0 fully saturated rings. The molecule has 0 bridgehead atoms. The van der Waals surface area contributed by atoms with Crippen LogP contribution in [0, 0.1) is 10.1 Å². The molecule has 0 aliphatic rings. The van der Waals surface area contributed by atoms with Crippen LogP contribution < -0.4 is 16.3 Å². The number of allylic oxidation sites excluding steroid dienone is 1. The predicted octanol–water partition coefficient (Wildman–Crippen LogP) is -1.13. The van der Waals surface area contributed by atoms with E-state index in [1.54, 1.807) is 6.82 Å². The summed E-state index contributed by atoms with van der Waals surface area (Å²) in [4.78, 5) is 24.2. The first-order valence-electron chi connectivity index (χ1n) is 9.49. The minimum absolute atomic E-state index is 0.129. The van der Waals surface area contributed by atoms with Crippen LogP contribution in [0.1, 0.15) is 25.7 Å². The molecule has 0 aromatic rings. The average molecular weight is 401 g/mol. The molecule has 13 heteroatoms. The maximum Gasteiger partial charge on any atom is 0.411 e. The van der Waals surface area contributed by atoms with Crippen LogP contribution in [0.25, 0.3) is 0 Å². The van der Waals surface area contributed by atoms with Gasteiger partial charge < -0.3 is 35.9 Å². The summed E-state index contributed by atoms with van der Waals surface area (Å²) in [5.41, 5.74) is 4.89. The molecular formula is C15H33B2N5O6. The fraction of sp³-hybridized carbons (Fsp3) is 0.800. The number of ether oxygens (including phenoxy) is 1. The third-order valence-electron chi connectivity index (χ3n) is 3.97. The van der Waals surface area contributed by atoms with Crippen molar-refractivity contribution in [2.75, 3.05) is 39.8 Å². The molecular weight excluding hydrogens is 368 g/mol. The fourth-order valence-electron chi connectivity index (χ4n) is 2.63. The van der Waals surface area contributed by atoms with Gasteiger partial charge in [0.1, 0.15) is 0 Å². The van der Waals surface area contributed by atoms with Crippen molar-refractivity contribution < 1.29 is 24.5 Å². The van der Waals surface area contributed by atoms with E-state index in [-0.39, 0.29) is 18.7 Å². The number of rotatable bonds is 16. The molecule has 0 rings (SSSR count). The van der Waals surface area contributed by atoms with Crippen molar-refractivity contribution >= 4 is 20.1 Å². The predicted molar refractivity (Wildman–Crippen MR) is 109 cm³/mol. The Labute approximate surface area is 167 Å². The van der Waals surface area contributed by atoms with Gasteiger partial charge in [0.15, 0.2) is 0 Å². The van der Waals surface area contributed by atoms with Crippen LogP contribution >= 0.6 is 0 Å². The van der Waals surface area contributed by atoms with Crippen molar-refractivity contribution in [2.24, 2.45) is 5.73 Å². The van der Waals surface area contributed by atoms with E-state index in [9.17, 15) is 25.0 Å². The molecule has 11 nitrogen and oxygen atoms in total. The lowest BCUT2D eigenvalue weighted by Gasteiger charge is -2.28. The standard InChI is InChI=1S/C15H33B2N5O6/c1-16(24)20-11-6-12-21(17(2)25)13(7-4-9-19-10-5-8-18)14(22(26)27)15(23)28-3/h19-20,24-25H,4-12,18H2,1-3H3. The van der Waals surface area contributed by atoms with Gasteiger partial charge in [-0.1, -0.05) is 0 Å². The van der Waals surface area contributed by atoms with Crippen molar-refractivity contribution in [2.45, 2.75) is 39.3 Å². The number of carbonyl (C=O) groups is 1. The SMILES string of the molecule is COC(=O)C(=C(CCCNCCCN)N(CCCNB(C)O)B(C)O)[N+](=O)[O-]. The number of hydrogen-bond donors (Lipinski definition) is 5.